The summed E-state index contributed by atoms with van der Waals surface area (Å²) in [5, 5.41) is 2.76. The smallest absolute Gasteiger partial charge is 0.322 e. The Labute approximate surface area is 124 Å². The van der Waals surface area contributed by atoms with Crippen LogP contribution in [0.2, 0.25) is 0 Å². The second-order valence-electron chi connectivity index (χ2n) is 5.04. The number of urea groups is 1. The SMILES string of the molecule is Cc1ccc(C(=O)CN2C(=O)N[C@]3(CCSC3)C2=O)s1. The molecule has 2 aliphatic heterocycles. The van der Waals surface area contributed by atoms with Crippen LogP contribution in [0.4, 0.5) is 4.79 Å². The molecule has 20 heavy (non-hydrogen) atoms. The Hall–Kier alpha value is -1.34. The third-order valence-electron chi connectivity index (χ3n) is 3.58. The predicted octanol–water partition coefficient (Wildman–Crippen LogP) is 1.67. The summed E-state index contributed by atoms with van der Waals surface area (Å²) in [4.78, 5) is 39.2. The van der Waals surface area contributed by atoms with Gasteiger partial charge in [0.1, 0.15) is 5.54 Å². The summed E-state index contributed by atoms with van der Waals surface area (Å²) >= 11 is 3.03. The molecule has 7 heteroatoms. The molecule has 0 aliphatic carbocycles. The van der Waals surface area contributed by atoms with Crippen molar-refractivity contribution in [2.75, 3.05) is 18.1 Å². The van der Waals surface area contributed by atoms with Crippen LogP contribution in [0.5, 0.6) is 0 Å². The first-order chi connectivity index (χ1) is 9.52. The van der Waals surface area contributed by atoms with Crippen LogP contribution >= 0.6 is 23.1 Å². The second kappa shape index (κ2) is 4.89. The maximum Gasteiger partial charge on any atom is 0.325 e. The molecule has 0 aromatic carbocycles. The van der Waals surface area contributed by atoms with Crippen LogP contribution in [-0.4, -0.2) is 46.2 Å². The average molecular weight is 310 g/mol. The highest BCUT2D eigenvalue weighted by molar-refractivity contribution is 7.99. The number of carbonyl (C=O) groups excluding carboxylic acids is 3. The molecule has 5 nitrogen and oxygen atoms in total. The van der Waals surface area contributed by atoms with Gasteiger partial charge in [-0.05, 0) is 31.2 Å². The van der Waals surface area contributed by atoms with Crippen LogP contribution in [0, 0.1) is 6.92 Å². The first kappa shape index (κ1) is 13.6. The molecule has 1 N–H and O–H groups in total. The number of thioether (sulfide) groups is 1. The van der Waals surface area contributed by atoms with Crippen molar-refractivity contribution < 1.29 is 14.4 Å². The average Bonchev–Trinajstić information content (AvgIpc) is 3.08. The minimum Gasteiger partial charge on any atom is -0.322 e. The van der Waals surface area contributed by atoms with Crippen molar-refractivity contribution in [3.63, 3.8) is 0 Å². The summed E-state index contributed by atoms with van der Waals surface area (Å²) in [7, 11) is 0. The van der Waals surface area contributed by atoms with E-state index in [-0.39, 0.29) is 18.2 Å². The molecule has 2 fully saturated rings. The van der Waals surface area contributed by atoms with Crippen LogP contribution in [0.3, 0.4) is 0 Å². The zero-order valence-corrected chi connectivity index (χ0v) is 12.6. The van der Waals surface area contributed by atoms with E-state index in [2.05, 4.69) is 5.32 Å². The largest absolute Gasteiger partial charge is 0.325 e. The van der Waals surface area contributed by atoms with Crippen LogP contribution in [0.1, 0.15) is 21.0 Å². The number of aryl methyl sites for hydroxylation is 1. The number of imide groups is 1. The van der Waals surface area contributed by atoms with Gasteiger partial charge >= 0.3 is 6.03 Å². The van der Waals surface area contributed by atoms with Crippen LogP contribution in [-0.2, 0) is 4.79 Å². The fraction of sp³-hybridized carbons (Fsp3) is 0.462. The van der Waals surface area contributed by atoms with Gasteiger partial charge in [-0.3, -0.25) is 14.5 Å². The van der Waals surface area contributed by atoms with Gasteiger partial charge in [0.15, 0.2) is 5.78 Å². The van der Waals surface area contributed by atoms with Crippen LogP contribution in [0.15, 0.2) is 12.1 Å². The summed E-state index contributed by atoms with van der Waals surface area (Å²) in [6.07, 6.45) is 0.644. The van der Waals surface area contributed by atoms with E-state index < -0.39 is 11.6 Å². The Morgan fingerprint density at radius 2 is 2.25 bits per heavy atom. The van der Waals surface area contributed by atoms with E-state index in [1.165, 1.54) is 11.3 Å². The lowest BCUT2D eigenvalue weighted by Gasteiger charge is -2.18. The van der Waals surface area contributed by atoms with E-state index in [1.807, 2.05) is 13.0 Å². The highest BCUT2D eigenvalue weighted by Crippen LogP contribution is 2.33. The zero-order valence-electron chi connectivity index (χ0n) is 11.0. The summed E-state index contributed by atoms with van der Waals surface area (Å²) in [5.74, 6) is 1.02. The third-order valence-corrected chi connectivity index (χ3v) is 5.82. The molecule has 1 spiro atoms. The lowest BCUT2D eigenvalue weighted by molar-refractivity contribution is -0.130. The van der Waals surface area contributed by atoms with Gasteiger partial charge in [-0.15, -0.1) is 11.3 Å². The van der Waals surface area contributed by atoms with E-state index >= 15 is 0 Å². The molecule has 0 bridgehead atoms. The molecule has 106 valence electrons. The Kier molecular flexibility index (Phi) is 3.33. The van der Waals surface area contributed by atoms with Crippen molar-refractivity contribution in [2.45, 2.75) is 18.9 Å². The van der Waals surface area contributed by atoms with Gasteiger partial charge in [-0.1, -0.05) is 0 Å². The number of carbonyl (C=O) groups is 3. The first-order valence-corrected chi connectivity index (χ1v) is 8.30. The summed E-state index contributed by atoms with van der Waals surface area (Å²) in [5.41, 5.74) is -0.770. The minimum absolute atomic E-state index is 0.170. The Morgan fingerprint density at radius 3 is 2.85 bits per heavy atom. The van der Waals surface area contributed by atoms with Crippen molar-refractivity contribution in [2.24, 2.45) is 0 Å². The van der Waals surface area contributed by atoms with Gasteiger partial charge in [0.2, 0.25) is 0 Å². The lowest BCUT2D eigenvalue weighted by atomic mass is 9.99. The highest BCUT2D eigenvalue weighted by Gasteiger charge is 2.53. The molecule has 0 saturated carbocycles. The van der Waals surface area contributed by atoms with Crippen molar-refractivity contribution in [3.05, 3.63) is 21.9 Å². The molecule has 3 rings (SSSR count). The topological polar surface area (TPSA) is 66.5 Å². The van der Waals surface area contributed by atoms with E-state index in [9.17, 15) is 14.4 Å². The number of nitrogens with zero attached hydrogens (tertiary/aromatic N) is 1. The molecular weight excluding hydrogens is 296 g/mol. The number of hydrogen-bond donors (Lipinski definition) is 1. The first-order valence-electron chi connectivity index (χ1n) is 6.33. The van der Waals surface area contributed by atoms with Gasteiger partial charge in [-0.25, -0.2) is 4.79 Å². The molecule has 0 radical (unpaired) electrons. The molecule has 1 aromatic rings. The quantitative estimate of drug-likeness (QED) is 0.681. The predicted molar refractivity (Wildman–Crippen MR) is 78.3 cm³/mol. The maximum absolute atomic E-state index is 12.4. The van der Waals surface area contributed by atoms with Gasteiger partial charge in [0.05, 0.1) is 11.4 Å². The number of rotatable bonds is 3. The molecule has 2 aliphatic rings. The summed E-state index contributed by atoms with van der Waals surface area (Å²) in [6.45, 7) is 1.75. The monoisotopic (exact) mass is 310 g/mol. The number of ketones is 1. The molecule has 3 amide bonds. The Bertz CT molecular complexity index is 590. The molecule has 1 atom stereocenters. The fourth-order valence-corrected chi connectivity index (χ4v) is 4.58. The van der Waals surface area contributed by atoms with Gasteiger partial charge < -0.3 is 5.32 Å². The molecule has 2 saturated heterocycles. The van der Waals surface area contributed by atoms with Crippen LogP contribution < -0.4 is 5.32 Å². The number of Topliss-reactive ketones (excluding diaryl/α,β-unsaturated/α-hetero) is 1. The number of nitrogens with one attached hydrogen (secondary N) is 1. The Morgan fingerprint density at radius 1 is 1.45 bits per heavy atom. The van der Waals surface area contributed by atoms with Crippen LogP contribution in [0.25, 0.3) is 0 Å². The van der Waals surface area contributed by atoms with E-state index in [4.69, 9.17) is 0 Å². The summed E-state index contributed by atoms with van der Waals surface area (Å²) < 4.78 is 0. The number of thiophene rings is 1. The van der Waals surface area contributed by atoms with Crippen molar-refractivity contribution in [3.8, 4) is 0 Å². The standard InChI is InChI=1S/C13H14N2O3S2/c1-8-2-3-10(20-8)9(16)6-15-11(17)13(14-12(15)18)4-5-19-7-13/h2-3H,4-7H2,1H3,(H,14,18)/t13-/m0/s1. The highest BCUT2D eigenvalue weighted by atomic mass is 32.2. The number of hydrogen-bond acceptors (Lipinski definition) is 5. The van der Waals surface area contributed by atoms with Gasteiger partial charge in [-0.2, -0.15) is 11.8 Å². The van der Waals surface area contributed by atoms with Crippen molar-refractivity contribution in [1.29, 1.82) is 0 Å². The van der Waals surface area contributed by atoms with Gasteiger partial charge in [0.25, 0.3) is 5.91 Å². The second-order valence-corrected chi connectivity index (χ2v) is 7.43. The molecule has 1 aromatic heterocycles. The van der Waals surface area contributed by atoms with Crippen molar-refractivity contribution in [1.82, 2.24) is 10.2 Å². The molecule has 0 unspecified atom stereocenters. The third kappa shape index (κ3) is 2.14. The fourth-order valence-electron chi connectivity index (χ4n) is 2.46. The van der Waals surface area contributed by atoms with E-state index in [0.717, 1.165) is 15.5 Å². The van der Waals surface area contributed by atoms with E-state index in [0.29, 0.717) is 17.1 Å². The van der Waals surface area contributed by atoms with Gasteiger partial charge in [0, 0.05) is 10.6 Å². The summed E-state index contributed by atoms with van der Waals surface area (Å²) in [6, 6.07) is 3.15. The number of amides is 3. The minimum atomic E-state index is -0.770. The lowest BCUT2D eigenvalue weighted by Crippen LogP contribution is -2.47. The molecular formula is C13H14N2O3S2. The van der Waals surface area contributed by atoms with Crippen molar-refractivity contribution >= 4 is 40.8 Å². The maximum atomic E-state index is 12.4. The normalized spacial score (nSPS) is 25.6. The molecule has 3 heterocycles. The van der Waals surface area contributed by atoms with E-state index in [1.54, 1.807) is 17.8 Å². The Balaban J connectivity index is 1.76. The zero-order chi connectivity index (χ0) is 14.3.